The number of hydrogen-bond acceptors (Lipinski definition) is 5. The van der Waals surface area contributed by atoms with Gasteiger partial charge in [-0.25, -0.2) is 4.68 Å². The van der Waals surface area contributed by atoms with Crippen LogP contribution in [0.3, 0.4) is 0 Å². The Morgan fingerprint density at radius 2 is 2.24 bits per heavy atom. The van der Waals surface area contributed by atoms with Crippen molar-refractivity contribution in [3.63, 3.8) is 0 Å². The largest absolute Gasteiger partial charge is 0.296 e. The van der Waals surface area contributed by atoms with Crippen LogP contribution in [0.15, 0.2) is 24.4 Å². The number of aromatic nitrogens is 3. The number of aldehydes is 1. The fourth-order valence-electron chi connectivity index (χ4n) is 1.24. The standard InChI is InChI=1S/C9H5ClN4O3/c10-8-2-1-7(3-9(8)14(16)17)13-4-6(5-15)11-12-13/h1-5H. The highest BCUT2D eigenvalue weighted by Crippen LogP contribution is 2.26. The second-order valence-corrected chi connectivity index (χ2v) is 3.51. The predicted molar refractivity (Wildman–Crippen MR) is 58.4 cm³/mol. The first-order valence-corrected chi connectivity index (χ1v) is 4.81. The lowest BCUT2D eigenvalue weighted by molar-refractivity contribution is -0.384. The first-order valence-electron chi connectivity index (χ1n) is 4.43. The highest BCUT2D eigenvalue weighted by atomic mass is 35.5. The first-order chi connectivity index (χ1) is 8.11. The minimum absolute atomic E-state index is 0.0366. The average Bonchev–Trinajstić information content (AvgIpc) is 2.78. The Bertz CT molecular complexity index is 596. The van der Waals surface area contributed by atoms with Crippen molar-refractivity contribution in [3.8, 4) is 5.69 Å². The third kappa shape index (κ3) is 2.13. The van der Waals surface area contributed by atoms with E-state index in [0.717, 1.165) is 0 Å². The number of halogens is 1. The van der Waals surface area contributed by atoms with Gasteiger partial charge in [0.2, 0.25) is 0 Å². The Hall–Kier alpha value is -2.28. The number of hydrogen-bond donors (Lipinski definition) is 0. The molecular formula is C9H5ClN4O3. The molecule has 86 valence electrons. The fourth-order valence-corrected chi connectivity index (χ4v) is 1.43. The van der Waals surface area contributed by atoms with E-state index in [1.807, 2.05) is 0 Å². The van der Waals surface area contributed by atoms with Crippen LogP contribution in [-0.2, 0) is 0 Å². The molecule has 2 aromatic rings. The lowest BCUT2D eigenvalue weighted by Crippen LogP contribution is -1.97. The molecule has 0 radical (unpaired) electrons. The van der Waals surface area contributed by atoms with Crippen LogP contribution in [0.5, 0.6) is 0 Å². The summed E-state index contributed by atoms with van der Waals surface area (Å²) in [6.07, 6.45) is 1.90. The van der Waals surface area contributed by atoms with Gasteiger partial charge < -0.3 is 0 Å². The van der Waals surface area contributed by atoms with Gasteiger partial charge in [-0.15, -0.1) is 5.10 Å². The van der Waals surface area contributed by atoms with E-state index < -0.39 is 4.92 Å². The highest BCUT2D eigenvalue weighted by molar-refractivity contribution is 6.32. The summed E-state index contributed by atoms with van der Waals surface area (Å²) in [5.74, 6) is 0. The number of nitrogens with zero attached hydrogens (tertiary/aromatic N) is 4. The molecule has 1 aromatic heterocycles. The lowest BCUT2D eigenvalue weighted by Gasteiger charge is -2.00. The van der Waals surface area contributed by atoms with E-state index in [0.29, 0.717) is 12.0 Å². The van der Waals surface area contributed by atoms with Crippen molar-refractivity contribution in [1.82, 2.24) is 15.0 Å². The van der Waals surface area contributed by atoms with E-state index >= 15 is 0 Å². The molecule has 0 atom stereocenters. The van der Waals surface area contributed by atoms with Crippen LogP contribution >= 0.6 is 11.6 Å². The highest BCUT2D eigenvalue weighted by Gasteiger charge is 2.14. The maximum atomic E-state index is 10.7. The second kappa shape index (κ2) is 4.30. The van der Waals surface area contributed by atoms with E-state index in [4.69, 9.17) is 11.6 Å². The van der Waals surface area contributed by atoms with Crippen LogP contribution in [0.1, 0.15) is 10.5 Å². The number of nitro benzene ring substituents is 1. The van der Waals surface area contributed by atoms with Gasteiger partial charge in [0.25, 0.3) is 5.69 Å². The molecule has 0 aliphatic heterocycles. The third-order valence-electron chi connectivity index (χ3n) is 2.02. The van der Waals surface area contributed by atoms with Crippen molar-refractivity contribution in [2.45, 2.75) is 0 Å². The van der Waals surface area contributed by atoms with Crippen LogP contribution in [0.25, 0.3) is 5.69 Å². The maximum absolute atomic E-state index is 10.7. The Kier molecular flexibility index (Phi) is 2.84. The van der Waals surface area contributed by atoms with Crippen LogP contribution in [-0.4, -0.2) is 26.2 Å². The molecule has 7 nitrogen and oxygen atoms in total. The summed E-state index contributed by atoms with van der Waals surface area (Å²) in [6, 6.07) is 4.18. The molecule has 0 fully saturated rings. The van der Waals surface area contributed by atoms with Gasteiger partial charge in [-0.05, 0) is 12.1 Å². The minimum atomic E-state index is -0.594. The maximum Gasteiger partial charge on any atom is 0.290 e. The molecule has 0 aliphatic carbocycles. The molecular weight excluding hydrogens is 248 g/mol. The van der Waals surface area contributed by atoms with Gasteiger partial charge in [-0.2, -0.15) is 0 Å². The summed E-state index contributed by atoms with van der Waals surface area (Å²) in [5.41, 5.74) is 0.316. The average molecular weight is 253 g/mol. The lowest BCUT2D eigenvalue weighted by atomic mass is 10.3. The van der Waals surface area contributed by atoms with E-state index in [-0.39, 0.29) is 16.4 Å². The van der Waals surface area contributed by atoms with Crippen molar-refractivity contribution in [2.75, 3.05) is 0 Å². The number of nitro groups is 1. The van der Waals surface area contributed by atoms with Gasteiger partial charge in [-0.1, -0.05) is 16.8 Å². The van der Waals surface area contributed by atoms with E-state index in [9.17, 15) is 14.9 Å². The predicted octanol–water partition coefficient (Wildman–Crippen LogP) is 1.64. The minimum Gasteiger partial charge on any atom is -0.296 e. The third-order valence-corrected chi connectivity index (χ3v) is 2.34. The first kappa shape index (κ1) is 11.2. The quantitative estimate of drug-likeness (QED) is 0.470. The Labute approximate surface area is 99.8 Å². The van der Waals surface area contributed by atoms with Crippen molar-refractivity contribution in [3.05, 3.63) is 45.2 Å². The Morgan fingerprint density at radius 3 is 2.82 bits per heavy atom. The molecule has 0 aliphatic rings. The van der Waals surface area contributed by atoms with E-state index in [1.165, 1.54) is 23.0 Å². The Balaban J connectivity index is 2.49. The smallest absolute Gasteiger partial charge is 0.290 e. The number of carbonyl (C=O) groups excluding carboxylic acids is 1. The molecule has 1 heterocycles. The van der Waals surface area contributed by atoms with Gasteiger partial charge in [0.1, 0.15) is 10.7 Å². The second-order valence-electron chi connectivity index (χ2n) is 3.10. The summed E-state index contributed by atoms with van der Waals surface area (Å²) in [7, 11) is 0. The zero-order valence-electron chi connectivity index (χ0n) is 8.28. The van der Waals surface area contributed by atoms with E-state index in [2.05, 4.69) is 10.3 Å². The number of carbonyl (C=O) groups is 1. The van der Waals surface area contributed by atoms with Gasteiger partial charge in [0, 0.05) is 6.07 Å². The van der Waals surface area contributed by atoms with Gasteiger partial charge in [0.05, 0.1) is 16.8 Å². The molecule has 2 rings (SSSR count). The molecule has 0 unspecified atom stereocenters. The summed E-state index contributed by atoms with van der Waals surface area (Å²) in [5, 5.41) is 17.9. The van der Waals surface area contributed by atoms with Crippen LogP contribution in [0, 0.1) is 10.1 Å². The molecule has 8 heteroatoms. The zero-order valence-corrected chi connectivity index (χ0v) is 9.03. The van der Waals surface area contributed by atoms with Crippen LogP contribution in [0.2, 0.25) is 5.02 Å². The van der Waals surface area contributed by atoms with Crippen molar-refractivity contribution in [2.24, 2.45) is 0 Å². The normalized spacial score (nSPS) is 10.2. The summed E-state index contributed by atoms with van der Waals surface area (Å²) < 4.78 is 1.26. The Morgan fingerprint density at radius 1 is 1.47 bits per heavy atom. The SMILES string of the molecule is O=Cc1cn(-c2ccc(Cl)c([N+](=O)[O-])c2)nn1. The topological polar surface area (TPSA) is 90.9 Å². The van der Waals surface area contributed by atoms with Crippen LogP contribution < -0.4 is 0 Å². The zero-order chi connectivity index (χ0) is 12.4. The monoisotopic (exact) mass is 252 g/mol. The molecule has 0 saturated carbocycles. The van der Waals surface area contributed by atoms with Gasteiger partial charge in [-0.3, -0.25) is 14.9 Å². The molecule has 17 heavy (non-hydrogen) atoms. The van der Waals surface area contributed by atoms with E-state index in [1.54, 1.807) is 6.07 Å². The van der Waals surface area contributed by atoms with Gasteiger partial charge >= 0.3 is 0 Å². The molecule has 0 amide bonds. The number of rotatable bonds is 3. The summed E-state index contributed by atoms with van der Waals surface area (Å²) in [4.78, 5) is 20.5. The van der Waals surface area contributed by atoms with Crippen molar-refractivity contribution < 1.29 is 9.72 Å². The summed E-state index contributed by atoms with van der Waals surface area (Å²) in [6.45, 7) is 0. The molecule has 0 spiro atoms. The molecule has 0 bridgehead atoms. The van der Waals surface area contributed by atoms with Crippen molar-refractivity contribution >= 4 is 23.6 Å². The molecule has 0 saturated heterocycles. The van der Waals surface area contributed by atoms with Gasteiger partial charge in [0.15, 0.2) is 6.29 Å². The summed E-state index contributed by atoms with van der Waals surface area (Å²) >= 11 is 5.67. The van der Waals surface area contributed by atoms with Crippen molar-refractivity contribution in [1.29, 1.82) is 0 Å². The number of benzene rings is 1. The molecule has 0 N–H and O–H groups in total. The molecule has 1 aromatic carbocycles. The van der Waals surface area contributed by atoms with Crippen LogP contribution in [0.4, 0.5) is 5.69 Å². The fraction of sp³-hybridized carbons (Fsp3) is 0.